The summed E-state index contributed by atoms with van der Waals surface area (Å²) in [5.41, 5.74) is 0.689. The molecule has 0 unspecified atom stereocenters. The van der Waals surface area contributed by atoms with Crippen molar-refractivity contribution < 1.29 is 4.39 Å². The normalized spacial score (nSPS) is 19.7. The highest BCUT2D eigenvalue weighted by Gasteiger charge is 2.21. The van der Waals surface area contributed by atoms with Crippen molar-refractivity contribution in [1.29, 1.82) is 0 Å². The van der Waals surface area contributed by atoms with Crippen LogP contribution < -0.4 is 5.32 Å². The van der Waals surface area contributed by atoms with Gasteiger partial charge in [0.15, 0.2) is 0 Å². The standard InChI is InChI=1S/C12H16ClFN2/c1-9(16-7-5-15-6-8-16)10-3-2-4-11(13)12(10)14/h2-4,9,15H,5-8H2,1H3/t9-/m0/s1. The molecule has 1 fully saturated rings. The molecule has 0 radical (unpaired) electrons. The first-order valence-corrected chi connectivity index (χ1v) is 5.96. The van der Waals surface area contributed by atoms with Gasteiger partial charge < -0.3 is 5.32 Å². The number of hydrogen-bond donors (Lipinski definition) is 1. The molecule has 0 aromatic heterocycles. The molecule has 1 aromatic carbocycles. The van der Waals surface area contributed by atoms with E-state index in [-0.39, 0.29) is 16.9 Å². The molecule has 0 amide bonds. The first-order chi connectivity index (χ1) is 7.70. The van der Waals surface area contributed by atoms with E-state index in [1.807, 2.05) is 13.0 Å². The number of hydrogen-bond acceptors (Lipinski definition) is 2. The molecule has 1 N–H and O–H groups in total. The highest BCUT2D eigenvalue weighted by Crippen LogP contribution is 2.27. The predicted molar refractivity (Wildman–Crippen MR) is 64.3 cm³/mol. The van der Waals surface area contributed by atoms with Crippen molar-refractivity contribution in [1.82, 2.24) is 10.2 Å². The number of rotatable bonds is 2. The van der Waals surface area contributed by atoms with Crippen LogP contribution in [0.4, 0.5) is 4.39 Å². The van der Waals surface area contributed by atoms with Crippen molar-refractivity contribution in [3.8, 4) is 0 Å². The van der Waals surface area contributed by atoms with Gasteiger partial charge in [-0.1, -0.05) is 23.7 Å². The zero-order valence-corrected chi connectivity index (χ0v) is 10.1. The van der Waals surface area contributed by atoms with E-state index in [0.29, 0.717) is 5.56 Å². The molecule has 0 bridgehead atoms. The van der Waals surface area contributed by atoms with E-state index < -0.39 is 0 Å². The van der Waals surface area contributed by atoms with E-state index in [1.165, 1.54) is 0 Å². The molecule has 1 atom stereocenters. The Balaban J connectivity index is 2.19. The Morgan fingerprint density at radius 1 is 1.38 bits per heavy atom. The molecule has 1 aliphatic rings. The van der Waals surface area contributed by atoms with Crippen molar-refractivity contribution in [2.24, 2.45) is 0 Å². The molecule has 4 heteroatoms. The number of nitrogens with zero attached hydrogens (tertiary/aromatic N) is 1. The zero-order valence-electron chi connectivity index (χ0n) is 9.34. The third kappa shape index (κ3) is 2.37. The van der Waals surface area contributed by atoms with Gasteiger partial charge in [-0.2, -0.15) is 0 Å². The van der Waals surface area contributed by atoms with Crippen LogP contribution in [0.15, 0.2) is 18.2 Å². The maximum atomic E-state index is 13.8. The smallest absolute Gasteiger partial charge is 0.146 e. The van der Waals surface area contributed by atoms with Gasteiger partial charge in [-0.25, -0.2) is 4.39 Å². The van der Waals surface area contributed by atoms with Crippen LogP contribution in [0.2, 0.25) is 5.02 Å². The molecular formula is C12H16ClFN2. The third-order valence-electron chi connectivity index (χ3n) is 3.13. The Morgan fingerprint density at radius 3 is 2.75 bits per heavy atom. The average Bonchev–Trinajstić information content (AvgIpc) is 2.33. The Morgan fingerprint density at radius 2 is 2.06 bits per heavy atom. The first-order valence-electron chi connectivity index (χ1n) is 5.59. The lowest BCUT2D eigenvalue weighted by Gasteiger charge is -2.33. The number of benzene rings is 1. The van der Waals surface area contributed by atoms with Crippen molar-refractivity contribution in [2.75, 3.05) is 26.2 Å². The number of nitrogens with one attached hydrogen (secondary N) is 1. The number of piperazine rings is 1. The van der Waals surface area contributed by atoms with Gasteiger partial charge in [0.2, 0.25) is 0 Å². The summed E-state index contributed by atoms with van der Waals surface area (Å²) < 4.78 is 13.8. The van der Waals surface area contributed by atoms with Crippen LogP contribution in [0.5, 0.6) is 0 Å². The van der Waals surface area contributed by atoms with E-state index in [4.69, 9.17) is 11.6 Å². The minimum absolute atomic E-state index is 0.0841. The molecule has 0 saturated carbocycles. The van der Waals surface area contributed by atoms with E-state index >= 15 is 0 Å². The molecule has 1 aliphatic heterocycles. The lowest BCUT2D eigenvalue weighted by molar-refractivity contribution is 0.182. The van der Waals surface area contributed by atoms with Crippen LogP contribution in [0.3, 0.4) is 0 Å². The van der Waals surface area contributed by atoms with Gasteiger partial charge in [-0.05, 0) is 13.0 Å². The second-order valence-electron chi connectivity index (χ2n) is 4.10. The van der Waals surface area contributed by atoms with Crippen LogP contribution in [0, 0.1) is 5.82 Å². The van der Waals surface area contributed by atoms with Gasteiger partial charge in [-0.15, -0.1) is 0 Å². The van der Waals surface area contributed by atoms with Gasteiger partial charge in [0.25, 0.3) is 0 Å². The van der Waals surface area contributed by atoms with Crippen LogP contribution in [-0.4, -0.2) is 31.1 Å². The summed E-state index contributed by atoms with van der Waals surface area (Å²) in [6.07, 6.45) is 0. The molecule has 1 aromatic rings. The van der Waals surface area contributed by atoms with Gasteiger partial charge in [-0.3, -0.25) is 4.90 Å². The van der Waals surface area contributed by atoms with Crippen molar-refractivity contribution in [3.05, 3.63) is 34.6 Å². The minimum Gasteiger partial charge on any atom is -0.314 e. The fourth-order valence-corrected chi connectivity index (χ4v) is 2.29. The Kier molecular flexibility index (Phi) is 3.79. The Bertz CT molecular complexity index is 364. The summed E-state index contributed by atoms with van der Waals surface area (Å²) in [6, 6.07) is 5.29. The molecule has 0 aliphatic carbocycles. The highest BCUT2D eigenvalue weighted by atomic mass is 35.5. The van der Waals surface area contributed by atoms with Gasteiger partial charge >= 0.3 is 0 Å². The Hall–Kier alpha value is -0.640. The summed E-state index contributed by atoms with van der Waals surface area (Å²) in [5, 5.41) is 3.49. The summed E-state index contributed by atoms with van der Waals surface area (Å²) in [5.74, 6) is -0.282. The fourth-order valence-electron chi connectivity index (χ4n) is 2.11. The second-order valence-corrected chi connectivity index (χ2v) is 4.51. The van der Waals surface area contributed by atoms with Crippen molar-refractivity contribution in [3.63, 3.8) is 0 Å². The number of halogens is 2. The van der Waals surface area contributed by atoms with Crippen molar-refractivity contribution >= 4 is 11.6 Å². The summed E-state index contributed by atoms with van der Waals surface area (Å²) in [7, 11) is 0. The maximum absolute atomic E-state index is 13.8. The van der Waals surface area contributed by atoms with E-state index in [0.717, 1.165) is 26.2 Å². The van der Waals surface area contributed by atoms with Crippen LogP contribution >= 0.6 is 11.6 Å². The first kappa shape index (κ1) is 11.8. The van der Waals surface area contributed by atoms with Gasteiger partial charge in [0.1, 0.15) is 5.82 Å². The largest absolute Gasteiger partial charge is 0.314 e. The van der Waals surface area contributed by atoms with Crippen LogP contribution in [-0.2, 0) is 0 Å². The van der Waals surface area contributed by atoms with Gasteiger partial charge in [0, 0.05) is 37.8 Å². The molecule has 1 heterocycles. The van der Waals surface area contributed by atoms with E-state index in [1.54, 1.807) is 12.1 Å². The summed E-state index contributed by atoms with van der Waals surface area (Å²) in [4.78, 5) is 2.27. The topological polar surface area (TPSA) is 15.3 Å². The lowest BCUT2D eigenvalue weighted by Crippen LogP contribution is -2.44. The SMILES string of the molecule is C[C@@H](c1cccc(Cl)c1F)N1CCNCC1. The summed E-state index contributed by atoms with van der Waals surface area (Å²) in [6.45, 7) is 5.86. The molecular weight excluding hydrogens is 227 g/mol. The lowest BCUT2D eigenvalue weighted by atomic mass is 10.1. The third-order valence-corrected chi connectivity index (χ3v) is 3.42. The van der Waals surface area contributed by atoms with Crippen molar-refractivity contribution in [2.45, 2.75) is 13.0 Å². The zero-order chi connectivity index (χ0) is 11.5. The summed E-state index contributed by atoms with van der Waals surface area (Å²) >= 11 is 5.79. The minimum atomic E-state index is -0.282. The maximum Gasteiger partial charge on any atom is 0.146 e. The predicted octanol–water partition coefficient (Wildman–Crippen LogP) is 2.45. The second kappa shape index (κ2) is 5.13. The average molecular weight is 243 g/mol. The molecule has 0 spiro atoms. The fraction of sp³-hybridized carbons (Fsp3) is 0.500. The van der Waals surface area contributed by atoms with Crippen LogP contribution in [0.25, 0.3) is 0 Å². The monoisotopic (exact) mass is 242 g/mol. The molecule has 2 rings (SSSR count). The van der Waals surface area contributed by atoms with Gasteiger partial charge in [0.05, 0.1) is 5.02 Å². The highest BCUT2D eigenvalue weighted by molar-refractivity contribution is 6.30. The molecule has 16 heavy (non-hydrogen) atoms. The Labute approximate surface area is 100 Å². The molecule has 2 nitrogen and oxygen atoms in total. The van der Waals surface area contributed by atoms with E-state index in [9.17, 15) is 4.39 Å². The molecule has 88 valence electrons. The quantitative estimate of drug-likeness (QED) is 0.857. The van der Waals surface area contributed by atoms with E-state index in [2.05, 4.69) is 10.2 Å². The molecule has 1 saturated heterocycles. The van der Waals surface area contributed by atoms with Crippen LogP contribution in [0.1, 0.15) is 18.5 Å².